The summed E-state index contributed by atoms with van der Waals surface area (Å²) >= 11 is 0. The Balaban J connectivity index is 2.21. The van der Waals surface area contributed by atoms with Crippen molar-refractivity contribution >= 4 is 28.6 Å². The Morgan fingerprint density at radius 2 is 1.81 bits per heavy atom. The molecule has 0 atom stereocenters. The summed E-state index contributed by atoms with van der Waals surface area (Å²) in [4.78, 5) is 37.4. The normalized spacial score (nSPS) is 11.4. The maximum absolute atomic E-state index is 13.0. The zero-order chi connectivity index (χ0) is 19.6. The molecule has 0 radical (unpaired) electrons. The van der Waals surface area contributed by atoms with Crippen molar-refractivity contribution in [2.75, 3.05) is 7.11 Å². The maximum atomic E-state index is 13.0. The highest BCUT2D eigenvalue weighted by molar-refractivity contribution is 6.29. The zero-order valence-corrected chi connectivity index (χ0v) is 15.2. The Morgan fingerprint density at radius 3 is 2.52 bits per heavy atom. The lowest BCUT2D eigenvalue weighted by atomic mass is 9.97. The van der Waals surface area contributed by atoms with Gasteiger partial charge in [0.1, 0.15) is 17.1 Å². The van der Waals surface area contributed by atoms with E-state index in [9.17, 15) is 14.4 Å². The number of benzene rings is 2. The molecule has 0 saturated heterocycles. The molecule has 2 aromatic carbocycles. The lowest BCUT2D eigenvalue weighted by molar-refractivity contribution is -0.113. The molecule has 5 nitrogen and oxygen atoms in total. The largest absolute Gasteiger partial charge is 0.496 e. The van der Waals surface area contributed by atoms with Gasteiger partial charge in [0.05, 0.1) is 23.6 Å². The lowest BCUT2D eigenvalue weighted by Crippen LogP contribution is -2.12. The summed E-state index contributed by atoms with van der Waals surface area (Å²) in [5, 5.41) is 0.391. The Kier molecular flexibility index (Phi) is 5.03. The first-order valence-corrected chi connectivity index (χ1v) is 8.36. The number of carbonyl (C=O) groups excluding carboxylic acids is 2. The topological polar surface area (TPSA) is 73.6 Å². The van der Waals surface area contributed by atoms with E-state index in [1.807, 2.05) is 0 Å². The average Bonchev–Trinajstić information content (AvgIpc) is 2.65. The van der Waals surface area contributed by atoms with Crippen LogP contribution in [0, 0.1) is 6.92 Å². The Bertz CT molecular complexity index is 1130. The smallest absolute Gasteiger partial charge is 0.200 e. The number of ether oxygens (including phenoxy) is 1. The van der Waals surface area contributed by atoms with E-state index in [1.54, 1.807) is 49.4 Å². The van der Waals surface area contributed by atoms with Gasteiger partial charge >= 0.3 is 0 Å². The number of fused-ring (bicyclic) bond motifs is 1. The summed E-state index contributed by atoms with van der Waals surface area (Å²) in [6.07, 6.45) is 1.46. The van der Waals surface area contributed by atoms with Crippen LogP contribution in [0.1, 0.15) is 28.6 Å². The number of rotatable bonds is 5. The lowest BCUT2D eigenvalue weighted by Gasteiger charge is -2.09. The van der Waals surface area contributed by atoms with Crippen molar-refractivity contribution in [1.82, 2.24) is 0 Å². The molecule has 1 aromatic heterocycles. The van der Waals surface area contributed by atoms with Gasteiger partial charge < -0.3 is 9.15 Å². The van der Waals surface area contributed by atoms with E-state index >= 15 is 0 Å². The van der Waals surface area contributed by atoms with Crippen LogP contribution < -0.4 is 10.2 Å². The summed E-state index contributed by atoms with van der Waals surface area (Å²) in [5.41, 5.74) is 0.927. The van der Waals surface area contributed by atoms with Crippen molar-refractivity contribution in [2.45, 2.75) is 13.8 Å². The van der Waals surface area contributed by atoms with E-state index in [0.717, 1.165) is 0 Å². The number of carbonyl (C=O) groups is 2. The molecule has 136 valence electrons. The molecule has 1 heterocycles. The highest BCUT2D eigenvalue weighted by atomic mass is 16.5. The minimum absolute atomic E-state index is 0.0174. The van der Waals surface area contributed by atoms with Crippen LogP contribution in [0.2, 0.25) is 0 Å². The molecule has 0 saturated carbocycles. The van der Waals surface area contributed by atoms with Crippen LogP contribution in [0.3, 0.4) is 0 Å². The van der Waals surface area contributed by atoms with Crippen molar-refractivity contribution in [3.8, 4) is 5.75 Å². The highest BCUT2D eigenvalue weighted by Gasteiger charge is 2.20. The second-order valence-corrected chi connectivity index (χ2v) is 6.09. The number of aryl methyl sites for hydroxylation is 1. The van der Waals surface area contributed by atoms with Crippen molar-refractivity contribution in [3.05, 3.63) is 81.2 Å². The summed E-state index contributed by atoms with van der Waals surface area (Å²) in [7, 11) is 1.46. The Labute approximate surface area is 155 Å². The third-order valence-electron chi connectivity index (χ3n) is 4.18. The van der Waals surface area contributed by atoms with Gasteiger partial charge in [0.25, 0.3) is 0 Å². The van der Waals surface area contributed by atoms with Crippen LogP contribution in [0.25, 0.3) is 17.0 Å². The fourth-order valence-electron chi connectivity index (χ4n) is 2.89. The molecule has 0 fully saturated rings. The Morgan fingerprint density at radius 1 is 1.07 bits per heavy atom. The van der Waals surface area contributed by atoms with Crippen LogP contribution >= 0.6 is 0 Å². The van der Waals surface area contributed by atoms with Gasteiger partial charge in [-0.3, -0.25) is 14.4 Å². The van der Waals surface area contributed by atoms with Crippen molar-refractivity contribution in [1.29, 1.82) is 0 Å². The van der Waals surface area contributed by atoms with Gasteiger partial charge in [-0.2, -0.15) is 0 Å². The molecule has 0 N–H and O–H groups in total. The highest BCUT2D eigenvalue weighted by Crippen LogP contribution is 2.25. The Hall–Kier alpha value is -3.47. The van der Waals surface area contributed by atoms with Crippen LogP contribution in [0.5, 0.6) is 5.75 Å². The molecule has 3 aromatic rings. The van der Waals surface area contributed by atoms with E-state index in [2.05, 4.69) is 0 Å². The van der Waals surface area contributed by atoms with Crippen molar-refractivity contribution < 1.29 is 18.7 Å². The van der Waals surface area contributed by atoms with Crippen molar-refractivity contribution in [3.63, 3.8) is 0 Å². The molecule has 0 unspecified atom stereocenters. The molecular formula is C22H18O5. The van der Waals surface area contributed by atoms with Gasteiger partial charge in [0, 0.05) is 11.6 Å². The van der Waals surface area contributed by atoms with Crippen LogP contribution in [0.4, 0.5) is 0 Å². The van der Waals surface area contributed by atoms with Crippen LogP contribution in [-0.2, 0) is 4.79 Å². The van der Waals surface area contributed by atoms with Gasteiger partial charge in [-0.15, -0.1) is 0 Å². The minimum atomic E-state index is -0.452. The number of ketones is 2. The summed E-state index contributed by atoms with van der Waals surface area (Å²) in [5.74, 6) is -0.00594. The number of allylic oxidation sites excluding steroid dienone is 1. The number of hydrogen-bond acceptors (Lipinski definition) is 5. The van der Waals surface area contributed by atoms with Crippen LogP contribution in [-0.4, -0.2) is 18.7 Å². The summed E-state index contributed by atoms with van der Waals surface area (Å²) in [6, 6.07) is 13.1. The third-order valence-corrected chi connectivity index (χ3v) is 4.18. The minimum Gasteiger partial charge on any atom is -0.496 e. The third kappa shape index (κ3) is 3.58. The molecule has 27 heavy (non-hydrogen) atoms. The van der Waals surface area contributed by atoms with Gasteiger partial charge in [0.2, 0.25) is 0 Å². The summed E-state index contributed by atoms with van der Waals surface area (Å²) in [6.45, 7) is 3.00. The number of methoxy groups -OCH3 is 1. The van der Waals surface area contributed by atoms with Gasteiger partial charge in [0.15, 0.2) is 17.0 Å². The number of para-hydroxylation sites is 2. The standard InChI is InChI=1S/C22H18O5/c1-13-11-19(24)16-9-6-7-15(22(16)27-13)12-18(14(2)23)21(25)17-8-4-5-10-20(17)26-3/h4-12H,1-3H3/b18-12-. The van der Waals surface area contributed by atoms with Gasteiger partial charge in [-0.05, 0) is 38.1 Å². The molecule has 5 heteroatoms. The van der Waals surface area contributed by atoms with Crippen LogP contribution in [0.15, 0.2) is 63.3 Å². The number of Topliss-reactive ketones (excluding diaryl/α,β-unsaturated/α-hetero) is 2. The van der Waals surface area contributed by atoms with E-state index < -0.39 is 11.6 Å². The molecular weight excluding hydrogens is 344 g/mol. The van der Waals surface area contributed by atoms with Crippen molar-refractivity contribution in [2.24, 2.45) is 0 Å². The first-order chi connectivity index (χ1) is 12.9. The maximum Gasteiger partial charge on any atom is 0.200 e. The van der Waals surface area contributed by atoms with E-state index in [-0.39, 0.29) is 11.0 Å². The molecule has 0 bridgehead atoms. The molecule has 0 aliphatic rings. The molecule has 0 amide bonds. The van der Waals surface area contributed by atoms with E-state index in [1.165, 1.54) is 26.2 Å². The van der Waals surface area contributed by atoms with Gasteiger partial charge in [-0.1, -0.05) is 24.3 Å². The second-order valence-electron chi connectivity index (χ2n) is 6.09. The fourth-order valence-corrected chi connectivity index (χ4v) is 2.89. The molecule has 3 rings (SSSR count). The molecule has 0 aliphatic heterocycles. The average molecular weight is 362 g/mol. The van der Waals surface area contributed by atoms with E-state index in [4.69, 9.17) is 9.15 Å². The monoisotopic (exact) mass is 362 g/mol. The fraction of sp³-hybridized carbons (Fsp3) is 0.136. The predicted octanol–water partition coefficient (Wildman–Crippen LogP) is 3.97. The molecule has 0 aliphatic carbocycles. The first-order valence-electron chi connectivity index (χ1n) is 8.36. The number of hydrogen-bond donors (Lipinski definition) is 0. The SMILES string of the molecule is COc1ccccc1C(=O)/C(=C\c1cccc2c(=O)cc(C)oc12)C(C)=O. The quantitative estimate of drug-likeness (QED) is 0.297. The summed E-state index contributed by atoms with van der Waals surface area (Å²) < 4.78 is 10.9. The zero-order valence-electron chi connectivity index (χ0n) is 15.2. The van der Waals surface area contributed by atoms with Gasteiger partial charge in [-0.25, -0.2) is 0 Å². The second kappa shape index (κ2) is 7.41. The van der Waals surface area contributed by atoms with E-state index in [0.29, 0.717) is 33.6 Å². The molecule has 0 spiro atoms. The first kappa shape index (κ1) is 18.3. The predicted molar refractivity (Wildman–Crippen MR) is 103 cm³/mol.